The maximum atomic E-state index is 13.5. The number of ether oxygens (including phenoxy) is 1. The van der Waals surface area contributed by atoms with Crippen LogP contribution in [0.1, 0.15) is 42.6 Å². The van der Waals surface area contributed by atoms with Crippen LogP contribution in [-0.2, 0) is 4.57 Å². The highest BCUT2D eigenvalue weighted by atomic mass is 32.1. The third-order valence-corrected chi connectivity index (χ3v) is 7.57. The number of fused-ring (bicyclic) bond motifs is 1. The summed E-state index contributed by atoms with van der Waals surface area (Å²) in [6.45, 7) is 0. The normalized spacial score (nSPS) is 12.1. The van der Waals surface area contributed by atoms with E-state index in [4.69, 9.17) is 19.0 Å². The first kappa shape index (κ1) is 27.2. The van der Waals surface area contributed by atoms with Gasteiger partial charge in [0.05, 0.1) is 12.6 Å². The van der Waals surface area contributed by atoms with Crippen LogP contribution >= 0.6 is 19.2 Å². The second kappa shape index (κ2) is 11.4. The smallest absolute Gasteiger partial charge is 0.497 e. The number of thiazole rings is 1. The molecule has 3 N–H and O–H groups in total. The molecule has 0 aliphatic rings. The zero-order valence-electron chi connectivity index (χ0n) is 21.1. The van der Waals surface area contributed by atoms with E-state index in [1.165, 1.54) is 23.5 Å². The third-order valence-electron chi connectivity index (χ3n) is 6.28. The lowest BCUT2D eigenvalue weighted by Crippen LogP contribution is -2.15. The molecule has 4 aromatic carbocycles. The van der Waals surface area contributed by atoms with Crippen molar-refractivity contribution in [2.75, 3.05) is 12.4 Å². The Morgan fingerprint density at radius 2 is 1.75 bits per heavy atom. The molecule has 0 saturated heterocycles. The van der Waals surface area contributed by atoms with Gasteiger partial charge in [-0.15, -0.1) is 11.3 Å². The molecule has 0 aliphatic heterocycles. The molecule has 0 bridgehead atoms. The number of methoxy groups -OCH3 is 1. The van der Waals surface area contributed by atoms with E-state index in [0.717, 1.165) is 16.7 Å². The van der Waals surface area contributed by atoms with Crippen molar-refractivity contribution < 1.29 is 33.2 Å². The summed E-state index contributed by atoms with van der Waals surface area (Å²) in [6.07, 6.45) is 2.44. The van der Waals surface area contributed by atoms with Crippen LogP contribution in [0.15, 0.2) is 90.6 Å². The average Bonchev–Trinajstić information content (AvgIpc) is 3.48. The maximum absolute atomic E-state index is 13.5. The molecule has 1 heterocycles. The fraction of sp³-hybridized carbons (Fsp3) is 0.0690. The van der Waals surface area contributed by atoms with Crippen molar-refractivity contribution in [2.45, 2.75) is 5.92 Å². The van der Waals surface area contributed by atoms with Gasteiger partial charge in [0.1, 0.15) is 17.8 Å². The van der Waals surface area contributed by atoms with Crippen molar-refractivity contribution in [1.82, 2.24) is 4.98 Å². The Hall–Kier alpha value is -4.34. The van der Waals surface area contributed by atoms with E-state index in [0.29, 0.717) is 38.9 Å². The molecule has 9 nitrogen and oxygen atoms in total. The lowest BCUT2D eigenvalue weighted by Gasteiger charge is -2.22. The highest BCUT2D eigenvalue weighted by Gasteiger charge is 2.27. The first-order chi connectivity index (χ1) is 19.3. The number of aromatic nitrogens is 1. The fourth-order valence-corrected chi connectivity index (χ4v) is 5.78. The minimum atomic E-state index is -4.72. The van der Waals surface area contributed by atoms with Crippen LogP contribution in [0.4, 0.5) is 5.69 Å². The summed E-state index contributed by atoms with van der Waals surface area (Å²) in [7, 11) is -3.18. The van der Waals surface area contributed by atoms with E-state index in [1.807, 2.05) is 24.3 Å². The van der Waals surface area contributed by atoms with Gasteiger partial charge >= 0.3 is 7.82 Å². The van der Waals surface area contributed by atoms with E-state index in [9.17, 15) is 14.2 Å². The van der Waals surface area contributed by atoms with Gasteiger partial charge in [0.25, 0.3) is 5.91 Å². The predicted molar refractivity (Wildman–Crippen MR) is 152 cm³/mol. The molecule has 202 valence electrons. The van der Waals surface area contributed by atoms with Gasteiger partial charge in [-0.2, -0.15) is 0 Å². The van der Waals surface area contributed by atoms with E-state index < -0.39 is 13.7 Å². The molecule has 40 heavy (non-hydrogen) atoms. The lowest BCUT2D eigenvalue weighted by atomic mass is 9.82. The van der Waals surface area contributed by atoms with Crippen molar-refractivity contribution >= 4 is 47.8 Å². The molecule has 0 radical (unpaired) electrons. The van der Waals surface area contributed by atoms with Crippen molar-refractivity contribution in [3.05, 3.63) is 118 Å². The summed E-state index contributed by atoms with van der Waals surface area (Å²) in [5.41, 5.74) is 4.30. The number of hydrogen-bond acceptors (Lipinski definition) is 7. The Bertz CT molecular complexity index is 1730. The van der Waals surface area contributed by atoms with Gasteiger partial charge in [-0.25, -0.2) is 4.57 Å². The summed E-state index contributed by atoms with van der Waals surface area (Å²) < 4.78 is 21.2. The van der Waals surface area contributed by atoms with Gasteiger partial charge in [0, 0.05) is 39.9 Å². The van der Waals surface area contributed by atoms with Gasteiger partial charge in [-0.05, 0) is 52.2 Å². The number of benzene rings is 4. The SMILES string of the molecule is COc1cccc(NC(=O)c2cc(C=O)c(C(c3ccc(OP(=O)(O)O)cc3)c3cncs3)c3ccccc23)c1. The van der Waals surface area contributed by atoms with Crippen LogP contribution in [0.2, 0.25) is 0 Å². The van der Waals surface area contributed by atoms with E-state index in [-0.39, 0.29) is 11.7 Å². The summed E-state index contributed by atoms with van der Waals surface area (Å²) >= 11 is 1.40. The van der Waals surface area contributed by atoms with Gasteiger partial charge in [0.2, 0.25) is 0 Å². The second-order valence-electron chi connectivity index (χ2n) is 8.76. The van der Waals surface area contributed by atoms with Crippen molar-refractivity contribution in [2.24, 2.45) is 0 Å². The van der Waals surface area contributed by atoms with Crippen LogP contribution in [0, 0.1) is 0 Å². The van der Waals surface area contributed by atoms with E-state index in [2.05, 4.69) is 10.3 Å². The number of amides is 1. The minimum absolute atomic E-state index is 0.00479. The molecule has 1 aromatic heterocycles. The summed E-state index contributed by atoms with van der Waals surface area (Å²) in [4.78, 5) is 49.4. The van der Waals surface area contributed by atoms with Gasteiger partial charge < -0.3 is 14.6 Å². The number of anilines is 1. The Labute approximate surface area is 233 Å². The Morgan fingerprint density at radius 3 is 2.40 bits per heavy atom. The average molecular weight is 575 g/mol. The van der Waals surface area contributed by atoms with Gasteiger partial charge in [0.15, 0.2) is 0 Å². The molecule has 11 heteroatoms. The first-order valence-corrected chi connectivity index (χ1v) is 14.4. The topological polar surface area (TPSA) is 135 Å². The molecule has 0 aliphatic carbocycles. The van der Waals surface area contributed by atoms with E-state index in [1.54, 1.807) is 61.3 Å². The fourth-order valence-electron chi connectivity index (χ4n) is 4.63. The Balaban J connectivity index is 1.65. The molecule has 0 fully saturated rings. The number of carbonyl (C=O) groups is 2. The van der Waals surface area contributed by atoms with Crippen molar-refractivity contribution in [3.63, 3.8) is 0 Å². The number of phosphoric ester groups is 1. The standard InChI is InChI=1S/C29H23N2O7PS/c1-37-22-6-4-5-20(14-22)31-29(33)25-13-19(16-32)27(24-8-3-2-7-23(24)25)28(26-15-30-17-40-26)18-9-11-21(12-10-18)38-39(34,35)36/h2-17,28H,1H3,(H,31,33)(H2,34,35,36). The predicted octanol–water partition coefficient (Wildman–Crippen LogP) is 6.02. The van der Waals surface area contributed by atoms with Gasteiger partial charge in [-0.3, -0.25) is 24.4 Å². The monoisotopic (exact) mass is 574 g/mol. The third kappa shape index (κ3) is 5.80. The molecule has 1 atom stereocenters. The highest BCUT2D eigenvalue weighted by molar-refractivity contribution is 7.46. The van der Waals surface area contributed by atoms with Crippen LogP contribution < -0.4 is 14.6 Å². The first-order valence-electron chi connectivity index (χ1n) is 12.0. The number of carbonyl (C=O) groups excluding carboxylic acids is 2. The number of nitrogens with zero attached hydrogens (tertiary/aromatic N) is 1. The molecular weight excluding hydrogens is 551 g/mol. The highest BCUT2D eigenvalue weighted by Crippen LogP contribution is 2.42. The summed E-state index contributed by atoms with van der Waals surface area (Å²) in [6, 6.07) is 22.2. The van der Waals surface area contributed by atoms with Crippen LogP contribution in [0.25, 0.3) is 10.8 Å². The molecule has 1 amide bonds. The molecule has 5 rings (SSSR count). The molecule has 5 aromatic rings. The molecular formula is C29H23N2O7PS. The van der Waals surface area contributed by atoms with Crippen LogP contribution in [0.5, 0.6) is 11.5 Å². The number of hydrogen-bond donors (Lipinski definition) is 3. The molecule has 0 saturated carbocycles. The lowest BCUT2D eigenvalue weighted by molar-refractivity contribution is 0.102. The quantitative estimate of drug-likeness (QED) is 0.144. The molecule has 1 unspecified atom stereocenters. The Kier molecular flexibility index (Phi) is 7.77. The Morgan fingerprint density at radius 1 is 1.00 bits per heavy atom. The number of aldehydes is 1. The van der Waals surface area contributed by atoms with Crippen molar-refractivity contribution in [1.29, 1.82) is 0 Å². The number of rotatable bonds is 9. The van der Waals surface area contributed by atoms with Gasteiger partial charge in [-0.1, -0.05) is 42.5 Å². The van der Waals surface area contributed by atoms with Crippen molar-refractivity contribution in [3.8, 4) is 11.5 Å². The summed E-state index contributed by atoms with van der Waals surface area (Å²) in [5.74, 6) is -0.244. The van der Waals surface area contributed by atoms with E-state index >= 15 is 0 Å². The maximum Gasteiger partial charge on any atom is 0.524 e. The van der Waals surface area contributed by atoms with Crippen LogP contribution in [-0.4, -0.2) is 34.1 Å². The number of phosphoric acid groups is 1. The minimum Gasteiger partial charge on any atom is -0.497 e. The zero-order chi connectivity index (χ0) is 28.3. The largest absolute Gasteiger partial charge is 0.524 e. The zero-order valence-corrected chi connectivity index (χ0v) is 22.8. The molecule has 0 spiro atoms. The van der Waals surface area contributed by atoms with Crippen LogP contribution in [0.3, 0.4) is 0 Å². The second-order valence-corrected chi connectivity index (χ2v) is 10.8. The number of nitrogens with one attached hydrogen (secondary N) is 1. The summed E-state index contributed by atoms with van der Waals surface area (Å²) in [5, 5.41) is 4.25.